The Morgan fingerprint density at radius 1 is 1.28 bits per heavy atom. The molecule has 0 radical (unpaired) electrons. The summed E-state index contributed by atoms with van der Waals surface area (Å²) < 4.78 is 0. The molecule has 1 aromatic rings. The Morgan fingerprint density at radius 2 is 1.89 bits per heavy atom. The third-order valence-corrected chi connectivity index (χ3v) is 4.54. The molecule has 1 heterocycles. The lowest BCUT2D eigenvalue weighted by molar-refractivity contribution is 0.0809. The monoisotopic (exact) mass is 266 g/mol. The Balaban J connectivity index is 2.01. The molecule has 0 aliphatic heterocycles. The van der Waals surface area contributed by atoms with E-state index in [2.05, 4.69) is 50.3 Å². The highest BCUT2D eigenvalue weighted by molar-refractivity contribution is 7.07. The minimum Gasteiger partial charge on any atom is -0.306 e. The van der Waals surface area contributed by atoms with Crippen LogP contribution in [0.4, 0.5) is 0 Å². The average molecular weight is 266 g/mol. The van der Waals surface area contributed by atoms with Gasteiger partial charge in [-0.3, -0.25) is 0 Å². The largest absolute Gasteiger partial charge is 0.306 e. The third-order valence-electron chi connectivity index (χ3n) is 3.94. The molecule has 1 fully saturated rings. The summed E-state index contributed by atoms with van der Waals surface area (Å²) in [5.74, 6) is 0. The van der Waals surface area contributed by atoms with E-state index in [0.717, 1.165) is 0 Å². The van der Waals surface area contributed by atoms with Crippen LogP contribution in [0, 0.1) is 10.8 Å². The van der Waals surface area contributed by atoms with Crippen LogP contribution in [0.15, 0.2) is 10.9 Å². The van der Waals surface area contributed by atoms with Gasteiger partial charge in [-0.2, -0.15) is 0 Å². The molecule has 102 valence electrons. The molecule has 1 saturated carbocycles. The van der Waals surface area contributed by atoms with Crippen LogP contribution in [0.25, 0.3) is 0 Å². The van der Waals surface area contributed by atoms with Crippen LogP contribution in [0.5, 0.6) is 0 Å². The fraction of sp³-hybridized carbons (Fsp3) is 0.800. The van der Waals surface area contributed by atoms with E-state index in [4.69, 9.17) is 0 Å². The molecule has 3 heteroatoms. The Morgan fingerprint density at radius 3 is 2.39 bits per heavy atom. The lowest BCUT2D eigenvalue weighted by Crippen LogP contribution is -2.44. The van der Waals surface area contributed by atoms with Crippen LogP contribution in [0.3, 0.4) is 0 Å². The third kappa shape index (κ3) is 3.55. The van der Waals surface area contributed by atoms with Gasteiger partial charge in [0.25, 0.3) is 0 Å². The normalized spacial score (nSPS) is 24.9. The van der Waals surface area contributed by atoms with Crippen molar-refractivity contribution in [2.75, 3.05) is 0 Å². The molecule has 1 unspecified atom stereocenters. The summed E-state index contributed by atoms with van der Waals surface area (Å²) >= 11 is 1.68. The summed E-state index contributed by atoms with van der Waals surface area (Å²) in [6, 6.07) is 0.978. The number of hydrogen-bond acceptors (Lipinski definition) is 3. The maximum absolute atomic E-state index is 4.41. The number of aromatic nitrogens is 1. The zero-order valence-electron chi connectivity index (χ0n) is 12.3. The lowest BCUT2D eigenvalue weighted by Gasteiger charge is -2.45. The minimum absolute atomic E-state index is 0.367. The quantitative estimate of drug-likeness (QED) is 0.877. The van der Waals surface area contributed by atoms with Gasteiger partial charge >= 0.3 is 0 Å². The van der Waals surface area contributed by atoms with Crippen molar-refractivity contribution in [1.29, 1.82) is 0 Å². The van der Waals surface area contributed by atoms with Gasteiger partial charge in [-0.25, -0.2) is 4.98 Å². The highest BCUT2D eigenvalue weighted by Gasteiger charge is 2.38. The number of hydrogen-bond donors (Lipinski definition) is 1. The van der Waals surface area contributed by atoms with Crippen LogP contribution in [0.1, 0.15) is 65.6 Å². The van der Waals surface area contributed by atoms with E-state index in [0.29, 0.717) is 22.9 Å². The van der Waals surface area contributed by atoms with Gasteiger partial charge in [0.2, 0.25) is 0 Å². The molecule has 0 bridgehead atoms. The number of thiazole rings is 1. The molecule has 0 saturated heterocycles. The Kier molecular flexibility index (Phi) is 3.84. The molecular weight excluding hydrogens is 240 g/mol. The van der Waals surface area contributed by atoms with Crippen molar-refractivity contribution in [3.05, 3.63) is 16.6 Å². The Labute approximate surface area is 115 Å². The van der Waals surface area contributed by atoms with Crippen molar-refractivity contribution >= 4 is 11.3 Å². The predicted molar refractivity (Wildman–Crippen MR) is 78.9 cm³/mol. The first-order valence-electron chi connectivity index (χ1n) is 6.92. The molecule has 1 atom stereocenters. The van der Waals surface area contributed by atoms with Gasteiger partial charge < -0.3 is 5.32 Å². The SMILES string of the molecule is CC(NC1CC(C)(C)CC(C)(C)C1)c1cscn1. The van der Waals surface area contributed by atoms with E-state index in [-0.39, 0.29) is 0 Å². The van der Waals surface area contributed by atoms with Gasteiger partial charge in [0.05, 0.1) is 11.2 Å². The van der Waals surface area contributed by atoms with Crippen LogP contribution < -0.4 is 5.32 Å². The second-order valence-electron chi connectivity index (χ2n) is 7.41. The maximum Gasteiger partial charge on any atom is 0.0795 e. The lowest BCUT2D eigenvalue weighted by atomic mass is 9.63. The zero-order chi connectivity index (χ0) is 13.4. The molecule has 2 rings (SSSR count). The molecule has 0 aromatic carbocycles. The zero-order valence-corrected chi connectivity index (χ0v) is 13.1. The van der Waals surface area contributed by atoms with Gasteiger partial charge in [0, 0.05) is 17.5 Å². The summed E-state index contributed by atoms with van der Waals surface area (Å²) in [7, 11) is 0. The van der Waals surface area contributed by atoms with E-state index in [1.54, 1.807) is 11.3 Å². The summed E-state index contributed by atoms with van der Waals surface area (Å²) in [5.41, 5.74) is 3.99. The van der Waals surface area contributed by atoms with Gasteiger partial charge in [-0.05, 0) is 37.0 Å². The highest BCUT2D eigenvalue weighted by Crippen LogP contribution is 2.46. The average Bonchev–Trinajstić information content (AvgIpc) is 2.63. The van der Waals surface area contributed by atoms with Crippen LogP contribution in [-0.2, 0) is 0 Å². The summed E-state index contributed by atoms with van der Waals surface area (Å²) in [5, 5.41) is 5.93. The predicted octanol–water partition coefficient (Wildman–Crippen LogP) is 4.40. The molecule has 2 nitrogen and oxygen atoms in total. The van der Waals surface area contributed by atoms with Crippen LogP contribution >= 0.6 is 11.3 Å². The number of rotatable bonds is 3. The molecular formula is C15H26N2S. The van der Waals surface area contributed by atoms with Gasteiger partial charge in [-0.1, -0.05) is 27.7 Å². The summed E-state index contributed by atoms with van der Waals surface area (Å²) in [4.78, 5) is 4.41. The highest BCUT2D eigenvalue weighted by atomic mass is 32.1. The Bertz CT molecular complexity index is 365. The maximum atomic E-state index is 4.41. The fourth-order valence-electron chi connectivity index (χ4n) is 3.84. The van der Waals surface area contributed by atoms with Gasteiger partial charge in [-0.15, -0.1) is 11.3 Å². The van der Waals surface area contributed by atoms with E-state index < -0.39 is 0 Å². The summed E-state index contributed by atoms with van der Waals surface area (Å²) in [6.07, 6.45) is 3.86. The topological polar surface area (TPSA) is 24.9 Å². The molecule has 0 amide bonds. The van der Waals surface area contributed by atoms with E-state index in [1.165, 1.54) is 25.0 Å². The number of nitrogens with one attached hydrogen (secondary N) is 1. The second kappa shape index (κ2) is 4.93. The molecule has 0 spiro atoms. The Hall–Kier alpha value is -0.410. The van der Waals surface area contributed by atoms with E-state index in [9.17, 15) is 0 Å². The first-order chi connectivity index (χ1) is 8.27. The first kappa shape index (κ1) is 14.0. The van der Waals surface area contributed by atoms with E-state index >= 15 is 0 Å². The smallest absolute Gasteiger partial charge is 0.0795 e. The van der Waals surface area contributed by atoms with Gasteiger partial charge in [0.15, 0.2) is 0 Å². The standard InChI is InChI=1S/C15H26N2S/c1-11(13-8-18-10-16-13)17-12-6-14(2,3)9-15(4,5)7-12/h8,10-12,17H,6-7,9H2,1-5H3. The number of nitrogens with zero attached hydrogens (tertiary/aromatic N) is 1. The minimum atomic E-state index is 0.367. The summed E-state index contributed by atoms with van der Waals surface area (Å²) in [6.45, 7) is 11.8. The van der Waals surface area contributed by atoms with Crippen molar-refractivity contribution in [3.63, 3.8) is 0 Å². The first-order valence-corrected chi connectivity index (χ1v) is 7.86. The molecule has 1 aliphatic rings. The van der Waals surface area contributed by atoms with Crippen molar-refractivity contribution in [2.24, 2.45) is 10.8 Å². The van der Waals surface area contributed by atoms with Crippen LogP contribution in [-0.4, -0.2) is 11.0 Å². The molecule has 1 aliphatic carbocycles. The fourth-order valence-corrected chi connectivity index (χ4v) is 4.49. The van der Waals surface area contributed by atoms with Crippen molar-refractivity contribution in [3.8, 4) is 0 Å². The second-order valence-corrected chi connectivity index (χ2v) is 8.13. The molecule has 1 aromatic heterocycles. The van der Waals surface area contributed by atoms with Gasteiger partial charge in [0.1, 0.15) is 0 Å². The molecule has 18 heavy (non-hydrogen) atoms. The van der Waals surface area contributed by atoms with Crippen LogP contribution in [0.2, 0.25) is 0 Å². The van der Waals surface area contributed by atoms with Crippen molar-refractivity contribution in [1.82, 2.24) is 10.3 Å². The van der Waals surface area contributed by atoms with Crippen molar-refractivity contribution < 1.29 is 0 Å². The van der Waals surface area contributed by atoms with E-state index in [1.807, 2.05) is 5.51 Å². The van der Waals surface area contributed by atoms with Crippen molar-refractivity contribution in [2.45, 2.75) is 66.0 Å². The molecule has 1 N–H and O–H groups in total.